The predicted octanol–water partition coefficient (Wildman–Crippen LogP) is 4.61. The first-order chi connectivity index (χ1) is 12.8. The lowest BCUT2D eigenvalue weighted by molar-refractivity contribution is -0.154. The molecule has 0 radical (unpaired) electrons. The third-order valence-corrected chi connectivity index (χ3v) is 4.71. The van der Waals surface area contributed by atoms with Crippen molar-refractivity contribution in [2.45, 2.75) is 45.3 Å². The van der Waals surface area contributed by atoms with Gasteiger partial charge in [0.25, 0.3) is 5.91 Å². The quantitative estimate of drug-likeness (QED) is 0.650. The van der Waals surface area contributed by atoms with Gasteiger partial charge in [-0.05, 0) is 49.9 Å². The van der Waals surface area contributed by atoms with E-state index in [0.717, 1.165) is 12.8 Å². The largest absolute Gasteiger partial charge is 0.452 e. The normalized spacial score (nSPS) is 12.9. The number of carbonyl (C=O) groups is 2. The minimum atomic E-state index is -0.872. The lowest BCUT2D eigenvalue weighted by atomic mass is 10.1. The minimum absolute atomic E-state index is 0.0167. The van der Waals surface area contributed by atoms with E-state index in [-0.39, 0.29) is 18.4 Å². The van der Waals surface area contributed by atoms with Gasteiger partial charge in [-0.1, -0.05) is 59.6 Å². The van der Waals surface area contributed by atoms with Crippen LogP contribution in [-0.2, 0) is 27.2 Å². The smallest absolute Gasteiger partial charge is 0.311 e. The highest BCUT2D eigenvalue weighted by molar-refractivity contribution is 6.35. The van der Waals surface area contributed by atoms with Crippen molar-refractivity contribution in [1.82, 2.24) is 5.32 Å². The van der Waals surface area contributed by atoms with Gasteiger partial charge in [0.1, 0.15) is 0 Å². The standard InChI is InChI=1S/C21H23Cl2NO3/c1-14(8-9-16-6-4-3-5-7-16)24-21(26)15(2)27-20(25)12-17-10-11-18(22)13-19(17)23/h3-7,10-11,13-15H,8-9,12H2,1-2H3,(H,24,26)/t14-,15-/m1/s1. The molecule has 4 nitrogen and oxygen atoms in total. The van der Waals surface area contributed by atoms with E-state index in [1.54, 1.807) is 25.1 Å². The van der Waals surface area contributed by atoms with Crippen molar-refractivity contribution in [1.29, 1.82) is 0 Å². The summed E-state index contributed by atoms with van der Waals surface area (Å²) in [4.78, 5) is 24.3. The predicted molar refractivity (Wildman–Crippen MR) is 108 cm³/mol. The fourth-order valence-electron chi connectivity index (χ4n) is 2.57. The minimum Gasteiger partial charge on any atom is -0.452 e. The van der Waals surface area contributed by atoms with Crippen LogP contribution in [0.15, 0.2) is 48.5 Å². The third kappa shape index (κ3) is 7.24. The van der Waals surface area contributed by atoms with Crippen molar-refractivity contribution in [2.24, 2.45) is 0 Å². The molecule has 0 saturated heterocycles. The molecule has 0 saturated carbocycles. The number of hydrogen-bond donors (Lipinski definition) is 1. The highest BCUT2D eigenvalue weighted by atomic mass is 35.5. The van der Waals surface area contributed by atoms with Gasteiger partial charge in [-0.3, -0.25) is 9.59 Å². The van der Waals surface area contributed by atoms with E-state index in [1.165, 1.54) is 5.56 Å². The number of esters is 1. The van der Waals surface area contributed by atoms with Crippen LogP contribution in [0.1, 0.15) is 31.4 Å². The number of halogens is 2. The van der Waals surface area contributed by atoms with Crippen LogP contribution < -0.4 is 5.32 Å². The zero-order valence-electron chi connectivity index (χ0n) is 15.4. The van der Waals surface area contributed by atoms with Crippen LogP contribution in [-0.4, -0.2) is 24.0 Å². The van der Waals surface area contributed by atoms with Crippen LogP contribution >= 0.6 is 23.2 Å². The van der Waals surface area contributed by atoms with Gasteiger partial charge in [0, 0.05) is 16.1 Å². The zero-order valence-corrected chi connectivity index (χ0v) is 16.9. The monoisotopic (exact) mass is 407 g/mol. The van der Waals surface area contributed by atoms with Gasteiger partial charge in [0.2, 0.25) is 0 Å². The summed E-state index contributed by atoms with van der Waals surface area (Å²) in [6.45, 7) is 3.49. The Hall–Kier alpha value is -2.04. The number of aryl methyl sites for hydroxylation is 1. The van der Waals surface area contributed by atoms with Crippen LogP contribution in [0.25, 0.3) is 0 Å². The molecule has 1 N–H and O–H groups in total. The number of hydrogen-bond acceptors (Lipinski definition) is 3. The van der Waals surface area contributed by atoms with Crippen LogP contribution in [0, 0.1) is 0 Å². The Morgan fingerprint density at radius 3 is 2.44 bits per heavy atom. The van der Waals surface area contributed by atoms with Crippen LogP contribution in [0.4, 0.5) is 0 Å². The molecule has 0 fully saturated rings. The van der Waals surface area contributed by atoms with Crippen molar-refractivity contribution in [3.05, 3.63) is 69.7 Å². The zero-order chi connectivity index (χ0) is 19.8. The lowest BCUT2D eigenvalue weighted by Crippen LogP contribution is -2.41. The van der Waals surface area contributed by atoms with Gasteiger partial charge >= 0.3 is 5.97 Å². The maximum atomic E-state index is 12.2. The Morgan fingerprint density at radius 2 is 1.78 bits per heavy atom. The Labute approximate surface area is 169 Å². The van der Waals surface area contributed by atoms with E-state index in [2.05, 4.69) is 17.4 Å². The van der Waals surface area contributed by atoms with Gasteiger partial charge in [0.05, 0.1) is 6.42 Å². The molecule has 2 atom stereocenters. The average molecular weight is 408 g/mol. The molecule has 0 spiro atoms. The van der Waals surface area contributed by atoms with E-state index in [0.29, 0.717) is 15.6 Å². The van der Waals surface area contributed by atoms with Gasteiger partial charge < -0.3 is 10.1 Å². The summed E-state index contributed by atoms with van der Waals surface area (Å²) >= 11 is 11.9. The third-order valence-electron chi connectivity index (χ3n) is 4.12. The van der Waals surface area contributed by atoms with E-state index in [1.807, 2.05) is 25.1 Å². The first-order valence-corrected chi connectivity index (χ1v) is 9.58. The molecule has 0 bridgehead atoms. The van der Waals surface area contributed by atoms with Crippen molar-refractivity contribution in [3.63, 3.8) is 0 Å². The SMILES string of the molecule is C[C@H](CCc1ccccc1)NC(=O)[C@@H](C)OC(=O)Cc1ccc(Cl)cc1Cl. The summed E-state index contributed by atoms with van der Waals surface area (Å²) in [7, 11) is 0. The van der Waals surface area contributed by atoms with E-state index in [9.17, 15) is 9.59 Å². The molecule has 27 heavy (non-hydrogen) atoms. The second-order valence-electron chi connectivity index (χ2n) is 6.48. The summed E-state index contributed by atoms with van der Waals surface area (Å²) < 4.78 is 5.22. The molecule has 0 aliphatic heterocycles. The van der Waals surface area contributed by atoms with Crippen LogP contribution in [0.5, 0.6) is 0 Å². The number of rotatable bonds is 8. The Balaban J connectivity index is 1.77. The number of nitrogens with one attached hydrogen (secondary N) is 1. The van der Waals surface area contributed by atoms with Crippen molar-refractivity contribution in [2.75, 3.05) is 0 Å². The Bertz CT molecular complexity index is 780. The number of ether oxygens (including phenoxy) is 1. The molecule has 6 heteroatoms. The molecule has 2 rings (SSSR count). The Morgan fingerprint density at radius 1 is 1.07 bits per heavy atom. The fraction of sp³-hybridized carbons (Fsp3) is 0.333. The van der Waals surface area contributed by atoms with Crippen molar-refractivity contribution < 1.29 is 14.3 Å². The maximum Gasteiger partial charge on any atom is 0.311 e. The molecule has 0 heterocycles. The average Bonchev–Trinajstić information content (AvgIpc) is 2.63. The second-order valence-corrected chi connectivity index (χ2v) is 7.32. The molecule has 2 aromatic rings. The summed E-state index contributed by atoms with van der Waals surface area (Å²) in [6, 6.07) is 14.9. The molecule has 144 valence electrons. The first-order valence-electron chi connectivity index (χ1n) is 8.83. The van der Waals surface area contributed by atoms with E-state index >= 15 is 0 Å². The second kappa shape index (κ2) is 10.3. The summed E-state index contributed by atoms with van der Waals surface area (Å²) in [5.41, 5.74) is 1.83. The fourth-order valence-corrected chi connectivity index (χ4v) is 3.05. The highest BCUT2D eigenvalue weighted by Crippen LogP contribution is 2.21. The van der Waals surface area contributed by atoms with Gasteiger partial charge in [-0.2, -0.15) is 0 Å². The first kappa shape index (κ1) is 21.3. The topological polar surface area (TPSA) is 55.4 Å². The molecular formula is C21H23Cl2NO3. The Kier molecular flexibility index (Phi) is 8.14. The molecule has 0 aromatic heterocycles. The highest BCUT2D eigenvalue weighted by Gasteiger charge is 2.20. The lowest BCUT2D eigenvalue weighted by Gasteiger charge is -2.18. The molecular weight excluding hydrogens is 385 g/mol. The molecule has 0 aliphatic rings. The number of carbonyl (C=O) groups excluding carboxylic acids is 2. The summed E-state index contributed by atoms with van der Waals surface area (Å²) in [5, 5.41) is 3.77. The molecule has 0 unspecified atom stereocenters. The summed E-state index contributed by atoms with van der Waals surface area (Å²) in [6.07, 6.45) is 0.780. The number of benzene rings is 2. The van der Waals surface area contributed by atoms with E-state index in [4.69, 9.17) is 27.9 Å². The maximum absolute atomic E-state index is 12.2. The van der Waals surface area contributed by atoms with E-state index < -0.39 is 12.1 Å². The van der Waals surface area contributed by atoms with Crippen LogP contribution in [0.2, 0.25) is 10.0 Å². The van der Waals surface area contributed by atoms with Gasteiger partial charge in [-0.15, -0.1) is 0 Å². The molecule has 1 amide bonds. The van der Waals surface area contributed by atoms with Crippen molar-refractivity contribution in [3.8, 4) is 0 Å². The molecule has 2 aromatic carbocycles. The van der Waals surface area contributed by atoms with Gasteiger partial charge in [-0.25, -0.2) is 0 Å². The molecule has 0 aliphatic carbocycles. The van der Waals surface area contributed by atoms with Crippen molar-refractivity contribution >= 4 is 35.1 Å². The van der Waals surface area contributed by atoms with Gasteiger partial charge in [0.15, 0.2) is 6.10 Å². The van der Waals surface area contributed by atoms with Crippen LogP contribution in [0.3, 0.4) is 0 Å². The summed E-state index contributed by atoms with van der Waals surface area (Å²) in [5.74, 6) is -0.829. The number of amides is 1.